The maximum atomic E-state index is 12.3. The summed E-state index contributed by atoms with van der Waals surface area (Å²) in [7, 11) is 3.37. The van der Waals surface area contributed by atoms with Crippen LogP contribution in [0.15, 0.2) is 36.5 Å². The molecule has 1 aliphatic carbocycles. The van der Waals surface area contributed by atoms with Crippen LogP contribution in [0, 0.1) is 0 Å². The Labute approximate surface area is 163 Å². The third kappa shape index (κ3) is 3.99. The molecule has 0 spiro atoms. The molecule has 4 rings (SSSR count). The van der Waals surface area contributed by atoms with E-state index in [9.17, 15) is 4.79 Å². The van der Waals surface area contributed by atoms with Gasteiger partial charge in [-0.05, 0) is 24.5 Å². The summed E-state index contributed by atoms with van der Waals surface area (Å²) in [4.78, 5) is 25.0. The highest BCUT2D eigenvalue weighted by atomic mass is 16.5. The van der Waals surface area contributed by atoms with Crippen molar-refractivity contribution in [3.05, 3.63) is 53.6 Å². The highest BCUT2D eigenvalue weighted by molar-refractivity contribution is 5.83. The fourth-order valence-corrected chi connectivity index (χ4v) is 3.43. The molecule has 1 amide bonds. The lowest BCUT2D eigenvalue weighted by Gasteiger charge is -2.19. The van der Waals surface area contributed by atoms with Gasteiger partial charge < -0.3 is 20.4 Å². The second-order valence-electron chi connectivity index (χ2n) is 7.18. The number of para-hydroxylation sites is 1. The zero-order valence-electron chi connectivity index (χ0n) is 16.2. The molecule has 0 aliphatic heterocycles. The Morgan fingerprint density at radius 2 is 2.14 bits per heavy atom. The first-order chi connectivity index (χ1) is 13.7. The zero-order chi connectivity index (χ0) is 19.5. The lowest BCUT2D eigenvalue weighted by atomic mass is 10.0. The number of aromatic amines is 1. The summed E-state index contributed by atoms with van der Waals surface area (Å²) in [6, 6.07) is 9.81. The third-order valence-corrected chi connectivity index (χ3v) is 5.03. The number of benzene rings is 1. The Morgan fingerprint density at radius 1 is 1.32 bits per heavy atom. The van der Waals surface area contributed by atoms with Crippen LogP contribution in [-0.4, -0.2) is 41.6 Å². The number of carbonyl (C=O) groups is 1. The van der Waals surface area contributed by atoms with Gasteiger partial charge in [-0.1, -0.05) is 18.2 Å². The van der Waals surface area contributed by atoms with Crippen LogP contribution in [0.3, 0.4) is 0 Å². The highest BCUT2D eigenvalue weighted by Crippen LogP contribution is 2.39. The number of nitrogens with one attached hydrogen (secondary N) is 3. The van der Waals surface area contributed by atoms with Gasteiger partial charge in [-0.2, -0.15) is 0 Å². The first kappa shape index (κ1) is 18.4. The van der Waals surface area contributed by atoms with E-state index < -0.39 is 0 Å². The summed E-state index contributed by atoms with van der Waals surface area (Å²) < 4.78 is 5.00. The van der Waals surface area contributed by atoms with Gasteiger partial charge in [0.25, 0.3) is 0 Å². The predicted octanol–water partition coefficient (Wildman–Crippen LogP) is 2.92. The Balaban J connectivity index is 1.69. The molecule has 2 aromatic heterocycles. The van der Waals surface area contributed by atoms with Gasteiger partial charge in [0.05, 0.1) is 11.7 Å². The molecule has 7 nitrogen and oxygen atoms in total. The van der Waals surface area contributed by atoms with Crippen molar-refractivity contribution < 1.29 is 9.53 Å². The summed E-state index contributed by atoms with van der Waals surface area (Å²) in [6.07, 6.45) is 4.87. The summed E-state index contributed by atoms with van der Waals surface area (Å²) in [5.74, 6) is 1.89. The molecule has 0 saturated heterocycles. The van der Waals surface area contributed by atoms with Gasteiger partial charge in [-0.3, -0.25) is 4.79 Å². The molecule has 1 aromatic carbocycles. The van der Waals surface area contributed by atoms with Crippen molar-refractivity contribution in [3.63, 3.8) is 0 Å². The Bertz CT molecular complexity index is 980. The second-order valence-corrected chi connectivity index (χ2v) is 7.18. The monoisotopic (exact) mass is 379 g/mol. The molecule has 3 aromatic rings. The molecule has 146 valence electrons. The molecule has 0 unspecified atom stereocenters. The summed E-state index contributed by atoms with van der Waals surface area (Å²) in [5.41, 5.74) is 3.03. The van der Waals surface area contributed by atoms with E-state index in [0.717, 1.165) is 46.6 Å². The standard InChI is InChI=1S/C21H25N5O2/c1-22-19-10-18(25-21(26-19)13-7-8-13)17(24-20(27)12-28-2)9-14-11-23-16-6-4-3-5-15(14)16/h3-6,10-11,13,17,23H,7-9,12H2,1-2H3,(H,24,27)(H,22,25,26)/t17-/m0/s1. The van der Waals surface area contributed by atoms with Gasteiger partial charge in [0.1, 0.15) is 18.2 Å². The number of H-pyrrole nitrogens is 1. The number of anilines is 1. The molecule has 2 heterocycles. The van der Waals surface area contributed by atoms with Crippen LogP contribution in [0.1, 0.15) is 41.9 Å². The van der Waals surface area contributed by atoms with Crippen LogP contribution >= 0.6 is 0 Å². The first-order valence-electron chi connectivity index (χ1n) is 9.58. The van der Waals surface area contributed by atoms with Gasteiger partial charge in [-0.25, -0.2) is 9.97 Å². The molecule has 3 N–H and O–H groups in total. The maximum absolute atomic E-state index is 12.3. The average molecular weight is 379 g/mol. The maximum Gasteiger partial charge on any atom is 0.246 e. The second kappa shape index (κ2) is 7.98. The topological polar surface area (TPSA) is 91.9 Å². The Kier molecular flexibility index (Phi) is 5.25. The number of hydrogen-bond donors (Lipinski definition) is 3. The van der Waals surface area contributed by atoms with Crippen molar-refractivity contribution in [1.29, 1.82) is 0 Å². The van der Waals surface area contributed by atoms with Crippen LogP contribution in [0.2, 0.25) is 0 Å². The van der Waals surface area contributed by atoms with E-state index in [2.05, 4.69) is 26.7 Å². The van der Waals surface area contributed by atoms with E-state index in [4.69, 9.17) is 9.72 Å². The number of methoxy groups -OCH3 is 1. The fraction of sp³-hybridized carbons (Fsp3) is 0.381. The molecule has 7 heteroatoms. The van der Waals surface area contributed by atoms with E-state index in [1.807, 2.05) is 37.5 Å². The number of ether oxygens (including phenoxy) is 1. The van der Waals surface area contributed by atoms with Gasteiger partial charge in [0, 0.05) is 49.7 Å². The lowest BCUT2D eigenvalue weighted by molar-refractivity contribution is -0.125. The van der Waals surface area contributed by atoms with Gasteiger partial charge >= 0.3 is 0 Å². The molecular weight excluding hydrogens is 354 g/mol. The van der Waals surface area contributed by atoms with E-state index >= 15 is 0 Å². The van der Waals surface area contributed by atoms with Crippen LogP contribution < -0.4 is 10.6 Å². The van der Waals surface area contributed by atoms with Crippen molar-refractivity contribution in [2.45, 2.75) is 31.2 Å². The third-order valence-electron chi connectivity index (χ3n) is 5.03. The van der Waals surface area contributed by atoms with Crippen molar-refractivity contribution >= 4 is 22.6 Å². The predicted molar refractivity (Wildman–Crippen MR) is 108 cm³/mol. The molecule has 1 saturated carbocycles. The smallest absolute Gasteiger partial charge is 0.246 e. The Morgan fingerprint density at radius 3 is 2.89 bits per heavy atom. The molecule has 0 radical (unpaired) electrons. The summed E-state index contributed by atoms with van der Waals surface area (Å²) in [6.45, 7) is 0.0177. The van der Waals surface area contributed by atoms with Crippen LogP contribution in [0.4, 0.5) is 5.82 Å². The SMILES string of the molecule is CNc1cc([C@H](Cc2c[nH]c3ccccc23)NC(=O)COC)nc(C2CC2)n1. The lowest BCUT2D eigenvalue weighted by Crippen LogP contribution is -2.33. The van der Waals surface area contributed by atoms with Crippen molar-refractivity contribution in [3.8, 4) is 0 Å². The zero-order valence-corrected chi connectivity index (χ0v) is 16.2. The van der Waals surface area contributed by atoms with E-state index in [-0.39, 0.29) is 18.6 Å². The number of hydrogen-bond acceptors (Lipinski definition) is 5. The first-order valence-corrected chi connectivity index (χ1v) is 9.58. The molecule has 1 aliphatic rings. The van der Waals surface area contributed by atoms with Gasteiger partial charge in [0.2, 0.25) is 5.91 Å². The van der Waals surface area contributed by atoms with Crippen molar-refractivity contribution in [1.82, 2.24) is 20.3 Å². The van der Waals surface area contributed by atoms with E-state index in [1.54, 1.807) is 0 Å². The van der Waals surface area contributed by atoms with Gasteiger partial charge in [0.15, 0.2) is 0 Å². The van der Waals surface area contributed by atoms with Crippen LogP contribution in [0.25, 0.3) is 10.9 Å². The summed E-state index contributed by atoms with van der Waals surface area (Å²) >= 11 is 0. The molecular formula is C21H25N5O2. The van der Waals surface area contributed by atoms with Gasteiger partial charge in [-0.15, -0.1) is 0 Å². The minimum Gasteiger partial charge on any atom is -0.375 e. The largest absolute Gasteiger partial charge is 0.375 e. The average Bonchev–Trinajstić information content (AvgIpc) is 3.49. The van der Waals surface area contributed by atoms with E-state index in [0.29, 0.717) is 12.3 Å². The number of carbonyl (C=O) groups excluding carboxylic acids is 1. The number of aromatic nitrogens is 3. The van der Waals surface area contributed by atoms with Crippen molar-refractivity contribution in [2.75, 3.05) is 26.1 Å². The molecule has 1 atom stereocenters. The number of fused-ring (bicyclic) bond motifs is 1. The number of nitrogens with zero attached hydrogens (tertiary/aromatic N) is 2. The highest BCUT2D eigenvalue weighted by Gasteiger charge is 2.29. The summed E-state index contributed by atoms with van der Waals surface area (Å²) in [5, 5.41) is 7.35. The van der Waals surface area contributed by atoms with Crippen LogP contribution in [-0.2, 0) is 16.0 Å². The van der Waals surface area contributed by atoms with E-state index in [1.165, 1.54) is 7.11 Å². The van der Waals surface area contributed by atoms with Crippen molar-refractivity contribution in [2.24, 2.45) is 0 Å². The fourth-order valence-electron chi connectivity index (χ4n) is 3.43. The Hall–Kier alpha value is -2.93. The number of rotatable bonds is 8. The van der Waals surface area contributed by atoms with Crippen LogP contribution in [0.5, 0.6) is 0 Å². The molecule has 1 fully saturated rings. The molecule has 0 bridgehead atoms. The minimum atomic E-state index is -0.269. The normalized spacial score (nSPS) is 14.8. The minimum absolute atomic E-state index is 0.0177. The number of amides is 1. The quantitative estimate of drug-likeness (QED) is 0.560. The molecule has 28 heavy (non-hydrogen) atoms.